The predicted octanol–water partition coefficient (Wildman–Crippen LogP) is 2.29. The zero-order chi connectivity index (χ0) is 9.73. The van der Waals surface area contributed by atoms with Gasteiger partial charge in [0.1, 0.15) is 0 Å². The van der Waals surface area contributed by atoms with Crippen LogP contribution < -0.4 is 0 Å². The standard InChI is InChI=1S/C11H23NO/c1-11(2,3)13-10-9-12-7-5-4-6-8-12/h4-10H2,1-3H3. The fraction of sp³-hybridized carbons (Fsp3) is 1.00. The van der Waals surface area contributed by atoms with Gasteiger partial charge in [0.15, 0.2) is 0 Å². The van der Waals surface area contributed by atoms with Crippen LogP contribution in [0.2, 0.25) is 0 Å². The van der Waals surface area contributed by atoms with Crippen LogP contribution in [-0.4, -0.2) is 36.7 Å². The van der Waals surface area contributed by atoms with E-state index in [1.165, 1.54) is 32.4 Å². The average Bonchev–Trinajstić information content (AvgIpc) is 2.04. The van der Waals surface area contributed by atoms with Crippen molar-refractivity contribution in [2.75, 3.05) is 26.2 Å². The maximum absolute atomic E-state index is 5.69. The van der Waals surface area contributed by atoms with Gasteiger partial charge in [-0.3, -0.25) is 0 Å². The molecule has 0 unspecified atom stereocenters. The SMILES string of the molecule is CC(C)(C)OCCN1CCCCC1. The van der Waals surface area contributed by atoms with Crippen LogP contribution in [0, 0.1) is 0 Å². The summed E-state index contributed by atoms with van der Waals surface area (Å²) in [6.45, 7) is 10.9. The Morgan fingerprint density at radius 3 is 2.23 bits per heavy atom. The molecule has 0 N–H and O–H groups in total. The molecule has 1 aliphatic heterocycles. The first kappa shape index (κ1) is 11.0. The van der Waals surface area contributed by atoms with Gasteiger partial charge in [0.2, 0.25) is 0 Å². The monoisotopic (exact) mass is 185 g/mol. The summed E-state index contributed by atoms with van der Waals surface area (Å²) in [5, 5.41) is 0. The van der Waals surface area contributed by atoms with Crippen LogP contribution in [0.25, 0.3) is 0 Å². The molecular weight excluding hydrogens is 162 g/mol. The molecule has 1 heterocycles. The van der Waals surface area contributed by atoms with Crippen molar-refractivity contribution in [2.24, 2.45) is 0 Å². The molecule has 2 heteroatoms. The highest BCUT2D eigenvalue weighted by atomic mass is 16.5. The van der Waals surface area contributed by atoms with Crippen molar-refractivity contribution in [3.63, 3.8) is 0 Å². The zero-order valence-corrected chi connectivity index (χ0v) is 9.31. The lowest BCUT2D eigenvalue weighted by Crippen LogP contribution is -2.34. The van der Waals surface area contributed by atoms with E-state index in [9.17, 15) is 0 Å². The van der Waals surface area contributed by atoms with Crippen LogP contribution in [0.4, 0.5) is 0 Å². The minimum atomic E-state index is 0.0236. The molecule has 0 atom stereocenters. The Kier molecular flexibility index (Phi) is 4.20. The smallest absolute Gasteiger partial charge is 0.0600 e. The van der Waals surface area contributed by atoms with Crippen LogP contribution in [0.15, 0.2) is 0 Å². The van der Waals surface area contributed by atoms with E-state index in [-0.39, 0.29) is 5.60 Å². The van der Waals surface area contributed by atoms with E-state index in [1.54, 1.807) is 0 Å². The molecule has 13 heavy (non-hydrogen) atoms. The highest BCUT2D eigenvalue weighted by molar-refractivity contribution is 4.65. The van der Waals surface area contributed by atoms with E-state index in [0.29, 0.717) is 0 Å². The first-order chi connectivity index (χ1) is 6.08. The fourth-order valence-corrected chi connectivity index (χ4v) is 1.66. The van der Waals surface area contributed by atoms with Gasteiger partial charge in [-0.25, -0.2) is 0 Å². The molecule has 0 amide bonds. The Morgan fingerprint density at radius 1 is 1.08 bits per heavy atom. The Hall–Kier alpha value is -0.0800. The van der Waals surface area contributed by atoms with Gasteiger partial charge in [-0.2, -0.15) is 0 Å². The summed E-state index contributed by atoms with van der Waals surface area (Å²) in [6.07, 6.45) is 4.15. The first-order valence-electron chi connectivity index (χ1n) is 5.44. The molecule has 0 bridgehead atoms. The number of likely N-dealkylation sites (tertiary alicyclic amines) is 1. The van der Waals surface area contributed by atoms with Gasteiger partial charge in [-0.15, -0.1) is 0 Å². The van der Waals surface area contributed by atoms with Crippen LogP contribution in [0.3, 0.4) is 0 Å². The molecule has 1 fully saturated rings. The van der Waals surface area contributed by atoms with Crippen molar-refractivity contribution in [3.05, 3.63) is 0 Å². The third-order valence-electron chi connectivity index (χ3n) is 2.39. The van der Waals surface area contributed by atoms with Crippen molar-refractivity contribution < 1.29 is 4.74 Å². The van der Waals surface area contributed by atoms with Crippen LogP contribution in [0.5, 0.6) is 0 Å². The van der Waals surface area contributed by atoms with Gasteiger partial charge < -0.3 is 9.64 Å². The highest BCUT2D eigenvalue weighted by Crippen LogP contribution is 2.10. The van der Waals surface area contributed by atoms with Crippen molar-refractivity contribution in [1.82, 2.24) is 4.90 Å². The second-order valence-electron chi connectivity index (χ2n) is 4.86. The van der Waals surface area contributed by atoms with E-state index in [0.717, 1.165) is 13.2 Å². The summed E-state index contributed by atoms with van der Waals surface area (Å²) >= 11 is 0. The molecule has 0 aliphatic carbocycles. The molecule has 2 nitrogen and oxygen atoms in total. The van der Waals surface area contributed by atoms with Crippen molar-refractivity contribution in [1.29, 1.82) is 0 Å². The summed E-state index contributed by atoms with van der Waals surface area (Å²) in [6, 6.07) is 0. The molecule has 0 saturated carbocycles. The molecule has 0 aromatic rings. The first-order valence-corrected chi connectivity index (χ1v) is 5.44. The number of hydrogen-bond donors (Lipinski definition) is 0. The van der Waals surface area contributed by atoms with Gasteiger partial charge in [0.05, 0.1) is 12.2 Å². The predicted molar refractivity (Wildman–Crippen MR) is 56.0 cm³/mol. The third kappa shape index (κ3) is 5.27. The number of nitrogens with zero attached hydrogens (tertiary/aromatic N) is 1. The Bertz CT molecular complexity index is 134. The number of hydrogen-bond acceptors (Lipinski definition) is 2. The maximum Gasteiger partial charge on any atom is 0.0600 e. The fourth-order valence-electron chi connectivity index (χ4n) is 1.66. The summed E-state index contributed by atoms with van der Waals surface area (Å²) in [5.41, 5.74) is 0.0236. The Labute approximate surface area is 82.3 Å². The van der Waals surface area contributed by atoms with E-state index in [4.69, 9.17) is 4.74 Å². The molecule has 0 radical (unpaired) electrons. The molecule has 0 aromatic carbocycles. The number of rotatable bonds is 3. The number of ether oxygens (including phenoxy) is 1. The van der Waals surface area contributed by atoms with E-state index < -0.39 is 0 Å². The Balaban J connectivity index is 2.04. The van der Waals surface area contributed by atoms with Crippen molar-refractivity contribution >= 4 is 0 Å². The molecule has 0 aromatic heterocycles. The molecule has 1 aliphatic rings. The number of piperidine rings is 1. The average molecular weight is 185 g/mol. The van der Waals surface area contributed by atoms with Crippen molar-refractivity contribution in [3.8, 4) is 0 Å². The van der Waals surface area contributed by atoms with Crippen LogP contribution in [0.1, 0.15) is 40.0 Å². The summed E-state index contributed by atoms with van der Waals surface area (Å²) < 4.78 is 5.69. The van der Waals surface area contributed by atoms with Gasteiger partial charge in [-0.1, -0.05) is 6.42 Å². The molecule has 78 valence electrons. The summed E-state index contributed by atoms with van der Waals surface area (Å²) in [5.74, 6) is 0. The molecule has 0 spiro atoms. The van der Waals surface area contributed by atoms with E-state index in [1.807, 2.05) is 0 Å². The lowest BCUT2D eigenvalue weighted by atomic mass is 10.1. The van der Waals surface area contributed by atoms with Crippen LogP contribution >= 0.6 is 0 Å². The van der Waals surface area contributed by atoms with Gasteiger partial charge >= 0.3 is 0 Å². The Morgan fingerprint density at radius 2 is 1.69 bits per heavy atom. The normalized spacial score (nSPS) is 20.5. The van der Waals surface area contributed by atoms with Crippen LogP contribution in [-0.2, 0) is 4.74 Å². The summed E-state index contributed by atoms with van der Waals surface area (Å²) in [7, 11) is 0. The minimum Gasteiger partial charge on any atom is -0.375 e. The second-order valence-corrected chi connectivity index (χ2v) is 4.86. The van der Waals surface area contributed by atoms with E-state index >= 15 is 0 Å². The van der Waals surface area contributed by atoms with Crippen molar-refractivity contribution in [2.45, 2.75) is 45.6 Å². The lowest BCUT2D eigenvalue weighted by Gasteiger charge is -2.28. The van der Waals surface area contributed by atoms with E-state index in [2.05, 4.69) is 25.7 Å². The molecular formula is C11H23NO. The zero-order valence-electron chi connectivity index (χ0n) is 9.31. The largest absolute Gasteiger partial charge is 0.375 e. The highest BCUT2D eigenvalue weighted by Gasteiger charge is 2.12. The van der Waals surface area contributed by atoms with Gasteiger partial charge in [-0.05, 0) is 46.7 Å². The lowest BCUT2D eigenvalue weighted by molar-refractivity contribution is -0.0147. The van der Waals surface area contributed by atoms with Gasteiger partial charge in [0, 0.05) is 6.54 Å². The molecule has 1 rings (SSSR count). The maximum atomic E-state index is 5.69. The second kappa shape index (κ2) is 4.97. The quantitative estimate of drug-likeness (QED) is 0.669. The molecule has 1 saturated heterocycles. The summed E-state index contributed by atoms with van der Waals surface area (Å²) in [4.78, 5) is 2.51. The topological polar surface area (TPSA) is 12.5 Å². The van der Waals surface area contributed by atoms with Gasteiger partial charge in [0.25, 0.3) is 0 Å². The third-order valence-corrected chi connectivity index (χ3v) is 2.39. The minimum absolute atomic E-state index is 0.0236.